The van der Waals surface area contributed by atoms with E-state index in [0.29, 0.717) is 24.3 Å². The van der Waals surface area contributed by atoms with Crippen LogP contribution in [0.1, 0.15) is 31.2 Å². The Morgan fingerprint density at radius 1 is 1.36 bits per heavy atom. The van der Waals surface area contributed by atoms with Gasteiger partial charge in [0, 0.05) is 31.1 Å². The van der Waals surface area contributed by atoms with Gasteiger partial charge in [-0.05, 0) is 18.9 Å². The number of ether oxygens (including phenoxy) is 1. The maximum atomic E-state index is 13.8. The highest BCUT2D eigenvalue weighted by Crippen LogP contribution is 2.16. The van der Waals surface area contributed by atoms with Crippen molar-refractivity contribution in [3.05, 3.63) is 29.6 Å². The lowest BCUT2D eigenvalue weighted by atomic mass is 10.2. The van der Waals surface area contributed by atoms with Crippen molar-refractivity contribution in [2.24, 2.45) is 0 Å². The largest absolute Gasteiger partial charge is 0.497 e. The van der Waals surface area contributed by atoms with E-state index < -0.39 is 5.82 Å². The number of carbonyl (C=O) groups excluding carboxylic acids is 2. The third-order valence-electron chi connectivity index (χ3n) is 3.74. The zero-order valence-electron chi connectivity index (χ0n) is 12.7. The number of nitrogens with one attached hydrogen (secondary N) is 1. The van der Waals surface area contributed by atoms with Crippen molar-refractivity contribution in [1.29, 1.82) is 0 Å². The molecule has 1 heterocycles. The third kappa shape index (κ3) is 4.44. The summed E-state index contributed by atoms with van der Waals surface area (Å²) in [5.74, 6) is -0.248. The predicted octanol–water partition coefficient (Wildman–Crippen LogP) is 1.85. The molecule has 5 nitrogen and oxygen atoms in total. The van der Waals surface area contributed by atoms with Crippen LogP contribution in [0, 0.1) is 5.82 Å². The van der Waals surface area contributed by atoms with Crippen LogP contribution in [-0.2, 0) is 16.1 Å². The minimum Gasteiger partial charge on any atom is -0.497 e. The molecule has 120 valence electrons. The Kier molecular flexibility index (Phi) is 5.75. The van der Waals surface area contributed by atoms with Gasteiger partial charge in [-0.15, -0.1) is 0 Å². The molecule has 2 rings (SSSR count). The van der Waals surface area contributed by atoms with E-state index >= 15 is 0 Å². The summed E-state index contributed by atoms with van der Waals surface area (Å²) in [5, 5.41) is 2.65. The molecule has 0 aliphatic carbocycles. The summed E-state index contributed by atoms with van der Waals surface area (Å²) in [5.41, 5.74) is 0.386. The standard InChI is InChI=1S/C16H21FN2O3/c1-22-13-7-6-12(14(17)9-13)10-18-15(20)11-19-8-4-2-3-5-16(19)21/h6-7,9H,2-5,8,10-11H2,1H3,(H,18,20). The van der Waals surface area contributed by atoms with E-state index in [2.05, 4.69) is 5.32 Å². The normalized spacial score (nSPS) is 15.4. The van der Waals surface area contributed by atoms with Crippen molar-refractivity contribution < 1.29 is 18.7 Å². The van der Waals surface area contributed by atoms with Gasteiger partial charge in [0.2, 0.25) is 11.8 Å². The number of nitrogens with zero attached hydrogens (tertiary/aromatic N) is 1. The molecule has 0 spiro atoms. The van der Waals surface area contributed by atoms with Gasteiger partial charge in [0.25, 0.3) is 0 Å². The van der Waals surface area contributed by atoms with Gasteiger partial charge in [-0.1, -0.05) is 12.5 Å². The molecule has 1 aliphatic heterocycles. The van der Waals surface area contributed by atoms with E-state index in [4.69, 9.17) is 4.74 Å². The van der Waals surface area contributed by atoms with Crippen LogP contribution in [0.25, 0.3) is 0 Å². The molecular weight excluding hydrogens is 287 g/mol. The molecule has 0 saturated carbocycles. The number of halogens is 1. The quantitative estimate of drug-likeness (QED) is 0.903. The average molecular weight is 308 g/mol. The fraction of sp³-hybridized carbons (Fsp3) is 0.500. The topological polar surface area (TPSA) is 58.6 Å². The molecule has 1 aliphatic rings. The third-order valence-corrected chi connectivity index (χ3v) is 3.74. The van der Waals surface area contributed by atoms with Crippen LogP contribution in [0.15, 0.2) is 18.2 Å². The summed E-state index contributed by atoms with van der Waals surface area (Å²) < 4.78 is 18.7. The van der Waals surface area contributed by atoms with Crippen molar-refractivity contribution in [3.63, 3.8) is 0 Å². The van der Waals surface area contributed by atoms with E-state index in [1.165, 1.54) is 13.2 Å². The molecule has 22 heavy (non-hydrogen) atoms. The maximum Gasteiger partial charge on any atom is 0.239 e. The van der Waals surface area contributed by atoms with Crippen molar-refractivity contribution in [1.82, 2.24) is 10.2 Å². The molecule has 0 bridgehead atoms. The van der Waals surface area contributed by atoms with Crippen LogP contribution in [0.5, 0.6) is 5.75 Å². The molecule has 2 amide bonds. The summed E-state index contributed by atoms with van der Waals surface area (Å²) in [6, 6.07) is 4.49. The van der Waals surface area contributed by atoms with Crippen LogP contribution in [0.2, 0.25) is 0 Å². The van der Waals surface area contributed by atoms with Crippen molar-refractivity contribution >= 4 is 11.8 Å². The number of methoxy groups -OCH3 is 1. The fourth-order valence-electron chi connectivity index (χ4n) is 2.43. The summed E-state index contributed by atoms with van der Waals surface area (Å²) in [4.78, 5) is 25.3. The van der Waals surface area contributed by atoms with Crippen LogP contribution < -0.4 is 10.1 Å². The zero-order valence-corrected chi connectivity index (χ0v) is 12.7. The Morgan fingerprint density at radius 2 is 2.18 bits per heavy atom. The van der Waals surface area contributed by atoms with Crippen LogP contribution in [0.3, 0.4) is 0 Å². The van der Waals surface area contributed by atoms with Gasteiger partial charge in [0.1, 0.15) is 11.6 Å². The number of rotatable bonds is 5. The Morgan fingerprint density at radius 3 is 2.91 bits per heavy atom. The second-order valence-electron chi connectivity index (χ2n) is 5.36. The highest BCUT2D eigenvalue weighted by molar-refractivity contribution is 5.84. The van der Waals surface area contributed by atoms with E-state index in [1.54, 1.807) is 17.0 Å². The van der Waals surface area contributed by atoms with E-state index in [-0.39, 0.29) is 24.9 Å². The summed E-state index contributed by atoms with van der Waals surface area (Å²) in [6.45, 7) is 0.746. The van der Waals surface area contributed by atoms with Crippen LogP contribution in [-0.4, -0.2) is 36.9 Å². The second-order valence-corrected chi connectivity index (χ2v) is 5.36. The molecule has 0 unspecified atom stereocenters. The highest BCUT2D eigenvalue weighted by Gasteiger charge is 2.19. The van der Waals surface area contributed by atoms with Crippen molar-refractivity contribution in [2.75, 3.05) is 20.2 Å². The van der Waals surface area contributed by atoms with Crippen LogP contribution in [0.4, 0.5) is 4.39 Å². The molecule has 0 aromatic heterocycles. The molecule has 1 fully saturated rings. The minimum absolute atomic E-state index is 0.0169. The van der Waals surface area contributed by atoms with Crippen molar-refractivity contribution in [2.45, 2.75) is 32.2 Å². The first kappa shape index (κ1) is 16.3. The molecule has 1 saturated heterocycles. The zero-order chi connectivity index (χ0) is 15.9. The first-order chi connectivity index (χ1) is 10.6. The lowest BCUT2D eigenvalue weighted by molar-refractivity contribution is -0.135. The van der Waals surface area contributed by atoms with Crippen LogP contribution >= 0.6 is 0 Å². The van der Waals surface area contributed by atoms with E-state index in [0.717, 1.165) is 19.3 Å². The molecular formula is C16H21FN2O3. The predicted molar refractivity (Wildman–Crippen MR) is 79.8 cm³/mol. The van der Waals surface area contributed by atoms with E-state index in [9.17, 15) is 14.0 Å². The molecule has 1 aromatic carbocycles. The monoisotopic (exact) mass is 308 g/mol. The molecule has 0 radical (unpaired) electrons. The Balaban J connectivity index is 1.85. The van der Waals surface area contributed by atoms with E-state index in [1.807, 2.05) is 0 Å². The molecule has 6 heteroatoms. The van der Waals surface area contributed by atoms with Crippen molar-refractivity contribution in [3.8, 4) is 5.75 Å². The van der Waals surface area contributed by atoms with Gasteiger partial charge in [-0.3, -0.25) is 9.59 Å². The lowest BCUT2D eigenvalue weighted by Crippen LogP contribution is -2.40. The maximum absolute atomic E-state index is 13.8. The highest BCUT2D eigenvalue weighted by atomic mass is 19.1. The molecule has 1 aromatic rings. The number of carbonyl (C=O) groups is 2. The first-order valence-electron chi connectivity index (χ1n) is 7.47. The second kappa shape index (κ2) is 7.77. The average Bonchev–Trinajstić information content (AvgIpc) is 2.71. The number of benzene rings is 1. The SMILES string of the molecule is COc1ccc(CNC(=O)CN2CCCCCC2=O)c(F)c1. The lowest BCUT2D eigenvalue weighted by Gasteiger charge is -2.19. The van der Waals surface area contributed by atoms with Gasteiger partial charge in [0.15, 0.2) is 0 Å². The number of amides is 2. The van der Waals surface area contributed by atoms with Gasteiger partial charge in [0.05, 0.1) is 13.7 Å². The Hall–Kier alpha value is -2.11. The van der Waals surface area contributed by atoms with Gasteiger partial charge in [-0.25, -0.2) is 4.39 Å². The summed E-state index contributed by atoms with van der Waals surface area (Å²) in [6.07, 6.45) is 3.32. The Bertz CT molecular complexity index is 548. The van der Waals surface area contributed by atoms with Gasteiger partial charge < -0.3 is 15.0 Å². The van der Waals surface area contributed by atoms with Gasteiger partial charge >= 0.3 is 0 Å². The molecule has 1 N–H and O–H groups in total. The number of likely N-dealkylation sites (tertiary alicyclic amines) is 1. The number of hydrogen-bond donors (Lipinski definition) is 1. The number of hydrogen-bond acceptors (Lipinski definition) is 3. The minimum atomic E-state index is -0.425. The smallest absolute Gasteiger partial charge is 0.239 e. The molecule has 0 atom stereocenters. The first-order valence-corrected chi connectivity index (χ1v) is 7.47. The fourth-order valence-corrected chi connectivity index (χ4v) is 2.43. The van der Waals surface area contributed by atoms with Gasteiger partial charge in [-0.2, -0.15) is 0 Å². The summed E-state index contributed by atoms with van der Waals surface area (Å²) >= 11 is 0. The summed E-state index contributed by atoms with van der Waals surface area (Å²) in [7, 11) is 1.47. The Labute approximate surface area is 129 Å².